The molecule has 1 aromatic carbocycles. The molecule has 1 amide bonds. The van der Waals surface area contributed by atoms with E-state index in [0.717, 1.165) is 63.6 Å². The third-order valence-corrected chi connectivity index (χ3v) is 5.97. The first-order chi connectivity index (χ1) is 14.2. The lowest BCUT2D eigenvalue weighted by molar-refractivity contribution is -0.135. The maximum Gasteiger partial charge on any atom is 0.225 e. The van der Waals surface area contributed by atoms with E-state index >= 15 is 0 Å². The fraction of sp³-hybridized carbons (Fsp3) is 0.652. The van der Waals surface area contributed by atoms with Crippen molar-refractivity contribution in [3.8, 4) is 5.75 Å². The minimum absolute atomic E-state index is 0.258. The van der Waals surface area contributed by atoms with Gasteiger partial charge in [0.2, 0.25) is 5.91 Å². The summed E-state index contributed by atoms with van der Waals surface area (Å²) in [5.74, 6) is 2.35. The predicted octanol–water partition coefficient (Wildman–Crippen LogP) is 2.97. The summed E-state index contributed by atoms with van der Waals surface area (Å²) in [5, 5.41) is 6.87. The van der Waals surface area contributed by atoms with Crippen LogP contribution >= 0.6 is 0 Å². The molecule has 0 radical (unpaired) electrons. The molecule has 6 heteroatoms. The van der Waals surface area contributed by atoms with E-state index in [2.05, 4.69) is 34.6 Å². The van der Waals surface area contributed by atoms with Crippen LogP contribution in [0.5, 0.6) is 5.75 Å². The fourth-order valence-corrected chi connectivity index (χ4v) is 4.29. The highest BCUT2D eigenvalue weighted by atomic mass is 16.5. The lowest BCUT2D eigenvalue weighted by Crippen LogP contribution is -2.45. The fourth-order valence-electron chi connectivity index (χ4n) is 4.29. The summed E-state index contributed by atoms with van der Waals surface area (Å²) in [7, 11) is 1.68. The zero-order valence-electron chi connectivity index (χ0n) is 18.0. The first kappa shape index (κ1) is 21.5. The van der Waals surface area contributed by atoms with E-state index in [-0.39, 0.29) is 12.0 Å². The molecule has 6 nitrogen and oxygen atoms in total. The first-order valence-electron chi connectivity index (χ1n) is 11.2. The highest BCUT2D eigenvalue weighted by Gasteiger charge is 2.31. The first-order valence-corrected chi connectivity index (χ1v) is 11.2. The Morgan fingerprint density at radius 3 is 2.62 bits per heavy atom. The molecule has 1 unspecified atom stereocenters. The predicted molar refractivity (Wildman–Crippen MR) is 117 cm³/mol. The molecule has 2 N–H and O–H groups in total. The van der Waals surface area contributed by atoms with Crippen molar-refractivity contribution in [1.82, 2.24) is 15.5 Å². The van der Waals surface area contributed by atoms with Crippen LogP contribution < -0.4 is 15.4 Å². The Morgan fingerprint density at radius 2 is 1.93 bits per heavy atom. The maximum atomic E-state index is 12.8. The van der Waals surface area contributed by atoms with Gasteiger partial charge in [-0.1, -0.05) is 31.4 Å². The summed E-state index contributed by atoms with van der Waals surface area (Å²) in [6.07, 6.45) is 7.71. The Hall–Kier alpha value is -2.24. The van der Waals surface area contributed by atoms with Crippen LogP contribution in [0.1, 0.15) is 51.0 Å². The van der Waals surface area contributed by atoms with E-state index in [9.17, 15) is 4.79 Å². The highest BCUT2D eigenvalue weighted by molar-refractivity contribution is 5.81. The summed E-state index contributed by atoms with van der Waals surface area (Å²) in [4.78, 5) is 19.6. The van der Waals surface area contributed by atoms with Gasteiger partial charge in [-0.25, -0.2) is 0 Å². The van der Waals surface area contributed by atoms with Crippen LogP contribution in [-0.2, 0) is 11.2 Å². The van der Waals surface area contributed by atoms with Gasteiger partial charge < -0.3 is 20.3 Å². The Balaban J connectivity index is 1.47. The number of amides is 1. The quantitative estimate of drug-likeness (QED) is 0.546. The van der Waals surface area contributed by atoms with Crippen molar-refractivity contribution in [2.24, 2.45) is 10.9 Å². The average molecular weight is 401 g/mol. The molecule has 2 fully saturated rings. The molecule has 160 valence electrons. The van der Waals surface area contributed by atoms with Crippen LogP contribution in [0, 0.1) is 5.92 Å². The molecule has 1 aliphatic carbocycles. The molecule has 1 aliphatic heterocycles. The van der Waals surface area contributed by atoms with Gasteiger partial charge >= 0.3 is 0 Å². The number of likely N-dealkylation sites (tertiary alicyclic amines) is 1. The molecule has 0 aromatic heterocycles. The van der Waals surface area contributed by atoms with Crippen molar-refractivity contribution in [3.05, 3.63) is 29.8 Å². The zero-order valence-corrected chi connectivity index (χ0v) is 18.0. The summed E-state index contributed by atoms with van der Waals surface area (Å²) in [6, 6.07) is 8.42. The molecule has 29 heavy (non-hydrogen) atoms. The van der Waals surface area contributed by atoms with Crippen molar-refractivity contribution in [2.45, 2.75) is 57.9 Å². The van der Waals surface area contributed by atoms with Crippen LogP contribution in [0.3, 0.4) is 0 Å². The number of hydrogen-bond acceptors (Lipinski definition) is 3. The number of carbonyl (C=O) groups is 1. The Labute approximate surface area is 175 Å². The maximum absolute atomic E-state index is 12.8. The van der Waals surface area contributed by atoms with Crippen molar-refractivity contribution in [1.29, 1.82) is 0 Å². The van der Waals surface area contributed by atoms with Gasteiger partial charge in [-0.2, -0.15) is 0 Å². The van der Waals surface area contributed by atoms with Gasteiger partial charge in [0.25, 0.3) is 0 Å². The number of hydrogen-bond donors (Lipinski definition) is 2. The zero-order chi connectivity index (χ0) is 20.5. The third-order valence-electron chi connectivity index (χ3n) is 5.97. The second-order valence-electron chi connectivity index (χ2n) is 8.11. The second-order valence-corrected chi connectivity index (χ2v) is 8.11. The van der Waals surface area contributed by atoms with Crippen molar-refractivity contribution in [2.75, 3.05) is 33.3 Å². The second kappa shape index (κ2) is 11.1. The molecule has 1 aromatic rings. The number of ether oxygens (including phenoxy) is 1. The number of benzene rings is 1. The monoisotopic (exact) mass is 400 g/mol. The summed E-state index contributed by atoms with van der Waals surface area (Å²) in [6.45, 7) is 5.27. The Morgan fingerprint density at radius 1 is 1.17 bits per heavy atom. The van der Waals surface area contributed by atoms with E-state index in [1.165, 1.54) is 24.8 Å². The molecule has 0 spiro atoms. The lowest BCUT2D eigenvalue weighted by atomic mass is 9.88. The number of rotatable bonds is 7. The topological polar surface area (TPSA) is 66.0 Å². The van der Waals surface area contributed by atoms with Crippen LogP contribution in [0.2, 0.25) is 0 Å². The number of carbonyl (C=O) groups excluding carboxylic acids is 1. The Bertz CT molecular complexity index is 668. The van der Waals surface area contributed by atoms with E-state index in [1.807, 2.05) is 12.1 Å². The summed E-state index contributed by atoms with van der Waals surface area (Å²) < 4.78 is 5.21. The van der Waals surface area contributed by atoms with Gasteiger partial charge in [0.05, 0.1) is 7.11 Å². The van der Waals surface area contributed by atoms with Gasteiger partial charge in [-0.3, -0.25) is 9.79 Å². The molecule has 1 atom stereocenters. The smallest absolute Gasteiger partial charge is 0.225 e. The number of aliphatic imine (C=N–C) groups is 1. The van der Waals surface area contributed by atoms with Crippen molar-refractivity contribution < 1.29 is 9.53 Å². The average Bonchev–Trinajstić information content (AvgIpc) is 3.23. The lowest BCUT2D eigenvalue weighted by Gasteiger charge is -2.26. The Kier molecular flexibility index (Phi) is 8.20. The molecule has 1 saturated carbocycles. The number of guanidine groups is 1. The van der Waals surface area contributed by atoms with Crippen molar-refractivity contribution in [3.63, 3.8) is 0 Å². The number of methoxy groups -OCH3 is 1. The molecular weight excluding hydrogens is 364 g/mol. The number of nitrogens with zero attached hydrogens (tertiary/aromatic N) is 2. The SMILES string of the molecule is CCNC(=NCCc1ccc(OC)cc1)NC1CCN(C(=O)C2CCCCC2)C1. The van der Waals surface area contributed by atoms with Gasteiger partial charge in [-0.15, -0.1) is 0 Å². The van der Waals surface area contributed by atoms with Gasteiger partial charge in [-0.05, 0) is 50.3 Å². The third kappa shape index (κ3) is 6.38. The summed E-state index contributed by atoms with van der Waals surface area (Å²) >= 11 is 0. The minimum atomic E-state index is 0.258. The van der Waals surface area contributed by atoms with Gasteiger partial charge in [0.1, 0.15) is 5.75 Å². The van der Waals surface area contributed by atoms with E-state index in [0.29, 0.717) is 5.91 Å². The van der Waals surface area contributed by atoms with E-state index < -0.39 is 0 Å². The molecule has 2 aliphatic rings. The van der Waals surface area contributed by atoms with E-state index in [1.54, 1.807) is 7.11 Å². The van der Waals surface area contributed by atoms with Gasteiger partial charge in [0, 0.05) is 38.1 Å². The molecule has 0 bridgehead atoms. The van der Waals surface area contributed by atoms with Crippen LogP contribution in [0.25, 0.3) is 0 Å². The summed E-state index contributed by atoms with van der Waals surface area (Å²) in [5.41, 5.74) is 1.25. The van der Waals surface area contributed by atoms with Crippen LogP contribution in [-0.4, -0.2) is 56.1 Å². The largest absolute Gasteiger partial charge is 0.497 e. The molecule has 1 heterocycles. The standard InChI is InChI=1S/C23H36N4O2/c1-3-24-23(25-15-13-18-9-11-21(29-2)12-10-18)26-20-14-16-27(17-20)22(28)19-7-5-4-6-8-19/h9-12,19-20H,3-8,13-17H2,1-2H3,(H2,24,25,26). The van der Waals surface area contributed by atoms with E-state index in [4.69, 9.17) is 9.73 Å². The highest BCUT2D eigenvalue weighted by Crippen LogP contribution is 2.26. The number of nitrogens with one attached hydrogen (secondary N) is 2. The van der Waals surface area contributed by atoms with Crippen LogP contribution in [0.15, 0.2) is 29.3 Å². The molecule has 3 rings (SSSR count). The molecular formula is C23H36N4O2. The molecule has 1 saturated heterocycles. The normalized spacial score (nSPS) is 20.6. The van der Waals surface area contributed by atoms with Crippen molar-refractivity contribution >= 4 is 11.9 Å². The minimum Gasteiger partial charge on any atom is -0.497 e. The van der Waals surface area contributed by atoms with Gasteiger partial charge in [0.15, 0.2) is 5.96 Å². The van der Waals surface area contributed by atoms with Crippen LogP contribution in [0.4, 0.5) is 0 Å².